The van der Waals surface area contributed by atoms with Crippen LogP contribution in [0.1, 0.15) is 0 Å². The lowest BCUT2D eigenvalue weighted by molar-refractivity contribution is -0.114. The van der Waals surface area contributed by atoms with Gasteiger partial charge in [0.1, 0.15) is 0 Å². The molecule has 0 aromatic heterocycles. The number of benzene rings is 2. The highest BCUT2D eigenvalue weighted by Crippen LogP contribution is 2.16. The van der Waals surface area contributed by atoms with E-state index in [4.69, 9.17) is 11.6 Å². The molecule has 0 aliphatic carbocycles. The molecular weight excluding hydrogens is 286 g/mol. The molecule has 0 spiro atoms. The molecule has 21 heavy (non-hydrogen) atoms. The van der Waals surface area contributed by atoms with Gasteiger partial charge in [-0.15, -0.1) is 0 Å². The number of anilines is 3. The van der Waals surface area contributed by atoms with Crippen LogP contribution < -0.4 is 15.5 Å². The SMILES string of the molecule is CN(C)c1ccc(NC(=O)CNc2cccc(Cl)c2)cc1. The lowest BCUT2D eigenvalue weighted by atomic mass is 10.2. The number of amides is 1. The van der Waals surface area contributed by atoms with Gasteiger partial charge in [0.05, 0.1) is 6.54 Å². The first-order valence-corrected chi connectivity index (χ1v) is 6.99. The van der Waals surface area contributed by atoms with Gasteiger partial charge in [0, 0.05) is 36.2 Å². The van der Waals surface area contributed by atoms with Gasteiger partial charge in [-0.3, -0.25) is 4.79 Å². The highest BCUT2D eigenvalue weighted by molar-refractivity contribution is 6.30. The van der Waals surface area contributed by atoms with Crippen LogP contribution in [-0.2, 0) is 4.79 Å². The molecular formula is C16H18ClN3O. The maximum absolute atomic E-state index is 11.9. The van der Waals surface area contributed by atoms with Crippen molar-refractivity contribution < 1.29 is 4.79 Å². The van der Waals surface area contributed by atoms with Gasteiger partial charge in [0.25, 0.3) is 0 Å². The molecule has 0 bridgehead atoms. The minimum absolute atomic E-state index is 0.104. The topological polar surface area (TPSA) is 44.4 Å². The van der Waals surface area contributed by atoms with Crippen molar-refractivity contribution in [3.63, 3.8) is 0 Å². The van der Waals surface area contributed by atoms with E-state index in [0.29, 0.717) is 5.02 Å². The second-order valence-electron chi connectivity index (χ2n) is 4.85. The Balaban J connectivity index is 1.87. The smallest absolute Gasteiger partial charge is 0.243 e. The third-order valence-corrected chi connectivity index (χ3v) is 3.18. The van der Waals surface area contributed by atoms with Gasteiger partial charge in [-0.2, -0.15) is 0 Å². The Labute approximate surface area is 129 Å². The molecule has 0 aliphatic heterocycles. The number of hydrogen-bond acceptors (Lipinski definition) is 3. The fraction of sp³-hybridized carbons (Fsp3) is 0.188. The highest BCUT2D eigenvalue weighted by Gasteiger charge is 2.03. The molecule has 2 aromatic carbocycles. The summed E-state index contributed by atoms with van der Waals surface area (Å²) in [7, 11) is 3.95. The molecule has 4 nitrogen and oxygen atoms in total. The van der Waals surface area contributed by atoms with E-state index in [1.807, 2.05) is 55.4 Å². The molecule has 2 N–H and O–H groups in total. The number of nitrogens with zero attached hydrogens (tertiary/aromatic N) is 1. The Morgan fingerprint density at radius 1 is 1.10 bits per heavy atom. The summed E-state index contributed by atoms with van der Waals surface area (Å²) >= 11 is 5.89. The Hall–Kier alpha value is -2.20. The van der Waals surface area contributed by atoms with Crippen LogP contribution in [0.15, 0.2) is 48.5 Å². The number of carbonyl (C=O) groups is 1. The van der Waals surface area contributed by atoms with Crippen molar-refractivity contribution in [2.45, 2.75) is 0 Å². The predicted octanol–water partition coefficient (Wildman–Crippen LogP) is 3.46. The molecule has 0 aliphatic rings. The van der Waals surface area contributed by atoms with Gasteiger partial charge >= 0.3 is 0 Å². The molecule has 2 rings (SSSR count). The number of hydrogen-bond donors (Lipinski definition) is 2. The van der Waals surface area contributed by atoms with Crippen molar-refractivity contribution in [1.29, 1.82) is 0 Å². The number of carbonyl (C=O) groups excluding carboxylic acids is 1. The minimum atomic E-state index is -0.104. The molecule has 110 valence electrons. The second kappa shape index (κ2) is 6.99. The van der Waals surface area contributed by atoms with Crippen LogP contribution in [0.2, 0.25) is 5.02 Å². The lowest BCUT2D eigenvalue weighted by Crippen LogP contribution is -2.21. The van der Waals surface area contributed by atoms with E-state index in [9.17, 15) is 4.79 Å². The van der Waals surface area contributed by atoms with E-state index >= 15 is 0 Å². The number of halogens is 1. The number of nitrogens with one attached hydrogen (secondary N) is 2. The summed E-state index contributed by atoms with van der Waals surface area (Å²) in [5, 5.41) is 6.51. The van der Waals surface area contributed by atoms with Crippen LogP contribution in [-0.4, -0.2) is 26.5 Å². The van der Waals surface area contributed by atoms with Crippen molar-refractivity contribution in [3.05, 3.63) is 53.6 Å². The highest BCUT2D eigenvalue weighted by atomic mass is 35.5. The lowest BCUT2D eigenvalue weighted by Gasteiger charge is -2.13. The summed E-state index contributed by atoms with van der Waals surface area (Å²) < 4.78 is 0. The van der Waals surface area contributed by atoms with E-state index in [0.717, 1.165) is 17.1 Å². The van der Waals surface area contributed by atoms with Crippen molar-refractivity contribution in [2.24, 2.45) is 0 Å². The number of rotatable bonds is 5. The average Bonchev–Trinajstić information content (AvgIpc) is 2.46. The van der Waals surface area contributed by atoms with Crippen molar-refractivity contribution in [2.75, 3.05) is 36.2 Å². The first-order valence-electron chi connectivity index (χ1n) is 6.61. The van der Waals surface area contributed by atoms with Crippen LogP contribution >= 0.6 is 11.6 Å². The molecule has 0 heterocycles. The Kier molecular flexibility index (Phi) is 5.06. The zero-order chi connectivity index (χ0) is 15.2. The summed E-state index contributed by atoms with van der Waals surface area (Å²) in [5.74, 6) is -0.104. The van der Waals surface area contributed by atoms with Gasteiger partial charge in [-0.05, 0) is 42.5 Å². The monoisotopic (exact) mass is 303 g/mol. The maximum Gasteiger partial charge on any atom is 0.243 e. The Bertz CT molecular complexity index is 611. The first kappa shape index (κ1) is 15.2. The molecule has 2 aromatic rings. The van der Waals surface area contributed by atoms with Gasteiger partial charge in [0.15, 0.2) is 0 Å². The molecule has 0 fully saturated rings. The van der Waals surface area contributed by atoms with E-state index in [1.165, 1.54) is 0 Å². The molecule has 0 saturated heterocycles. The standard InChI is InChI=1S/C16H18ClN3O/c1-20(2)15-8-6-13(7-9-15)19-16(21)11-18-14-5-3-4-12(17)10-14/h3-10,18H,11H2,1-2H3,(H,19,21). The predicted molar refractivity (Wildman–Crippen MR) is 89.3 cm³/mol. The van der Waals surface area contributed by atoms with Crippen molar-refractivity contribution in [1.82, 2.24) is 0 Å². The first-order chi connectivity index (χ1) is 10.0. The molecule has 0 saturated carbocycles. The van der Waals surface area contributed by atoms with Crippen LogP contribution in [0.3, 0.4) is 0 Å². The third-order valence-electron chi connectivity index (χ3n) is 2.95. The zero-order valence-corrected chi connectivity index (χ0v) is 12.8. The normalized spacial score (nSPS) is 10.0. The van der Waals surface area contributed by atoms with Crippen LogP contribution in [0, 0.1) is 0 Å². The van der Waals surface area contributed by atoms with E-state index < -0.39 is 0 Å². The summed E-state index contributed by atoms with van der Waals surface area (Å²) in [4.78, 5) is 13.9. The fourth-order valence-corrected chi connectivity index (χ4v) is 2.02. The summed E-state index contributed by atoms with van der Waals surface area (Å²) in [6.45, 7) is 0.190. The van der Waals surface area contributed by atoms with Crippen molar-refractivity contribution >= 4 is 34.6 Å². The summed E-state index contributed by atoms with van der Waals surface area (Å²) in [6.07, 6.45) is 0. The Morgan fingerprint density at radius 3 is 2.43 bits per heavy atom. The molecule has 1 amide bonds. The Morgan fingerprint density at radius 2 is 1.81 bits per heavy atom. The van der Waals surface area contributed by atoms with Gasteiger partial charge < -0.3 is 15.5 Å². The second-order valence-corrected chi connectivity index (χ2v) is 5.29. The van der Waals surface area contributed by atoms with Crippen LogP contribution in [0.25, 0.3) is 0 Å². The van der Waals surface area contributed by atoms with Crippen LogP contribution in [0.4, 0.5) is 17.1 Å². The summed E-state index contributed by atoms with van der Waals surface area (Å²) in [5.41, 5.74) is 2.68. The van der Waals surface area contributed by atoms with Gasteiger partial charge in [0.2, 0.25) is 5.91 Å². The molecule has 0 radical (unpaired) electrons. The zero-order valence-electron chi connectivity index (χ0n) is 12.1. The summed E-state index contributed by atoms with van der Waals surface area (Å²) in [6, 6.07) is 15.0. The average molecular weight is 304 g/mol. The maximum atomic E-state index is 11.9. The molecule has 0 unspecified atom stereocenters. The third kappa shape index (κ3) is 4.68. The van der Waals surface area contributed by atoms with Gasteiger partial charge in [-0.1, -0.05) is 17.7 Å². The van der Waals surface area contributed by atoms with E-state index in [1.54, 1.807) is 12.1 Å². The van der Waals surface area contributed by atoms with Crippen LogP contribution in [0.5, 0.6) is 0 Å². The minimum Gasteiger partial charge on any atom is -0.378 e. The molecule has 5 heteroatoms. The quantitative estimate of drug-likeness (QED) is 0.889. The van der Waals surface area contributed by atoms with Crippen molar-refractivity contribution in [3.8, 4) is 0 Å². The van der Waals surface area contributed by atoms with E-state index in [2.05, 4.69) is 10.6 Å². The van der Waals surface area contributed by atoms with Gasteiger partial charge in [-0.25, -0.2) is 0 Å². The molecule has 0 atom stereocenters. The van der Waals surface area contributed by atoms with E-state index in [-0.39, 0.29) is 12.5 Å². The fourth-order valence-electron chi connectivity index (χ4n) is 1.83. The largest absolute Gasteiger partial charge is 0.378 e.